The first-order valence-electron chi connectivity index (χ1n) is 10.5. The van der Waals surface area contributed by atoms with Gasteiger partial charge in [0.2, 0.25) is 0 Å². The maximum absolute atomic E-state index is 4.79. The Morgan fingerprint density at radius 3 is 2.43 bits per heavy atom. The van der Waals surface area contributed by atoms with Crippen molar-refractivity contribution in [3.05, 3.63) is 66.1 Å². The Balaban J connectivity index is 1.87. The Kier molecular flexibility index (Phi) is 3.42. The van der Waals surface area contributed by atoms with Crippen LogP contribution in [0.3, 0.4) is 0 Å². The predicted molar refractivity (Wildman–Crippen MR) is 126 cm³/mol. The first-order valence-corrected chi connectivity index (χ1v) is 10.5. The van der Waals surface area contributed by atoms with Gasteiger partial charge in [-0.1, -0.05) is 45.0 Å². The van der Waals surface area contributed by atoms with Crippen LogP contribution in [0.4, 0.5) is 0 Å². The summed E-state index contributed by atoms with van der Waals surface area (Å²) in [5.74, 6) is 0. The van der Waals surface area contributed by atoms with Crippen LogP contribution in [0.2, 0.25) is 0 Å². The van der Waals surface area contributed by atoms with Gasteiger partial charge >= 0.3 is 0 Å². The molecule has 6 aromatic rings. The van der Waals surface area contributed by atoms with E-state index in [2.05, 4.69) is 74.3 Å². The number of nitrogens with zero attached hydrogens (tertiary/aromatic N) is 3. The minimum atomic E-state index is 0.201. The van der Waals surface area contributed by atoms with E-state index in [4.69, 9.17) is 9.97 Å². The summed E-state index contributed by atoms with van der Waals surface area (Å²) in [6.07, 6.45) is 2.72. The molecule has 0 amide bonds. The molecule has 3 heteroatoms. The van der Waals surface area contributed by atoms with Gasteiger partial charge < -0.3 is 0 Å². The van der Waals surface area contributed by atoms with Crippen molar-refractivity contribution >= 4 is 54.3 Å². The second-order valence-electron chi connectivity index (χ2n) is 9.66. The number of hydrogen-bond acceptors (Lipinski definition) is 3. The van der Waals surface area contributed by atoms with Crippen molar-refractivity contribution in [1.29, 1.82) is 0 Å². The van der Waals surface area contributed by atoms with E-state index in [1.807, 2.05) is 6.92 Å². The van der Waals surface area contributed by atoms with Gasteiger partial charge in [-0.15, -0.1) is 0 Å². The van der Waals surface area contributed by atoms with E-state index < -0.39 is 0 Å². The quantitative estimate of drug-likeness (QED) is 0.225. The van der Waals surface area contributed by atoms with E-state index in [0.29, 0.717) is 0 Å². The zero-order valence-corrected chi connectivity index (χ0v) is 17.7. The van der Waals surface area contributed by atoms with Crippen LogP contribution in [0.25, 0.3) is 54.3 Å². The summed E-state index contributed by atoms with van der Waals surface area (Å²) in [5, 5.41) is 8.56. The van der Waals surface area contributed by atoms with Gasteiger partial charge in [-0.25, -0.2) is 9.97 Å². The van der Waals surface area contributed by atoms with E-state index in [1.54, 1.807) is 6.33 Å². The Morgan fingerprint density at radius 1 is 0.767 bits per heavy atom. The molecule has 0 saturated carbocycles. The zero-order valence-electron chi connectivity index (χ0n) is 17.7. The van der Waals surface area contributed by atoms with Crippen LogP contribution >= 0.6 is 0 Å². The number of hydrogen-bond donors (Lipinski definition) is 0. The summed E-state index contributed by atoms with van der Waals surface area (Å²) < 4.78 is 0. The smallest absolute Gasteiger partial charge is 0.116 e. The lowest BCUT2D eigenvalue weighted by Crippen LogP contribution is -2.10. The average molecular weight is 390 g/mol. The van der Waals surface area contributed by atoms with Gasteiger partial charge in [0.25, 0.3) is 0 Å². The van der Waals surface area contributed by atoms with Gasteiger partial charge in [-0.2, -0.15) is 0 Å². The van der Waals surface area contributed by atoms with Gasteiger partial charge in [-0.05, 0) is 64.7 Å². The summed E-state index contributed by atoms with van der Waals surface area (Å²) in [5.41, 5.74) is 5.69. The fourth-order valence-corrected chi connectivity index (χ4v) is 4.93. The standard InChI is InChI=1S/C27H23N3/c1-15-8-9-16-10-21-20(12-22(16)30-15)19-7-5-6-18-17(13-27(2,3)4)11-23-25(24(18)19)26(21)29-14-28-23/h5-12,14H,13H2,1-4H3. The minimum Gasteiger partial charge on any atom is -0.253 e. The molecule has 30 heavy (non-hydrogen) atoms. The SMILES string of the molecule is Cc1ccc2cc3c(cc2n1)c1cccc2c(CC(C)(C)C)cc4ncnc3c4c21. The van der Waals surface area contributed by atoms with Crippen LogP contribution in [0.5, 0.6) is 0 Å². The average Bonchev–Trinajstić information content (AvgIpc) is 2.70. The van der Waals surface area contributed by atoms with Crippen molar-refractivity contribution in [2.45, 2.75) is 34.1 Å². The highest BCUT2D eigenvalue weighted by Gasteiger charge is 2.20. The molecule has 146 valence electrons. The van der Waals surface area contributed by atoms with Crippen molar-refractivity contribution in [2.24, 2.45) is 5.41 Å². The molecule has 0 radical (unpaired) electrons. The molecule has 4 aromatic carbocycles. The molecule has 0 bridgehead atoms. The molecule has 0 saturated heterocycles. The summed E-state index contributed by atoms with van der Waals surface area (Å²) in [4.78, 5) is 14.2. The molecular formula is C27H23N3. The minimum absolute atomic E-state index is 0.201. The molecule has 3 nitrogen and oxygen atoms in total. The fourth-order valence-electron chi connectivity index (χ4n) is 4.93. The fraction of sp³-hybridized carbons (Fsp3) is 0.222. The Hall–Kier alpha value is -3.33. The number of aryl methyl sites for hydroxylation is 1. The molecule has 0 aliphatic heterocycles. The van der Waals surface area contributed by atoms with Crippen molar-refractivity contribution in [3.8, 4) is 0 Å². The predicted octanol–water partition coefficient (Wildman–Crippen LogP) is 6.97. The van der Waals surface area contributed by atoms with E-state index in [1.165, 1.54) is 37.9 Å². The Morgan fingerprint density at radius 2 is 1.60 bits per heavy atom. The number of fused-ring (bicyclic) bond motifs is 4. The highest BCUT2D eigenvalue weighted by Crippen LogP contribution is 2.42. The molecule has 0 spiro atoms. The topological polar surface area (TPSA) is 38.7 Å². The van der Waals surface area contributed by atoms with Crippen LogP contribution in [0.15, 0.2) is 54.9 Å². The number of aromatic nitrogens is 3. The second-order valence-corrected chi connectivity index (χ2v) is 9.66. The molecule has 2 heterocycles. The largest absolute Gasteiger partial charge is 0.253 e. The highest BCUT2D eigenvalue weighted by atomic mass is 14.8. The van der Waals surface area contributed by atoms with Crippen molar-refractivity contribution in [3.63, 3.8) is 0 Å². The Labute approximate surface area is 175 Å². The third-order valence-electron chi connectivity index (χ3n) is 6.08. The number of rotatable bonds is 1. The molecule has 0 N–H and O–H groups in total. The molecule has 2 aromatic heterocycles. The lowest BCUT2D eigenvalue weighted by Gasteiger charge is -2.22. The van der Waals surface area contributed by atoms with Crippen molar-refractivity contribution in [2.75, 3.05) is 0 Å². The molecule has 0 unspecified atom stereocenters. The van der Waals surface area contributed by atoms with Crippen LogP contribution in [0.1, 0.15) is 32.0 Å². The summed E-state index contributed by atoms with van der Waals surface area (Å²) in [6, 6.07) is 17.6. The first-order chi connectivity index (χ1) is 14.4. The maximum Gasteiger partial charge on any atom is 0.116 e. The second kappa shape index (κ2) is 5.85. The molecule has 0 aliphatic rings. The van der Waals surface area contributed by atoms with Gasteiger partial charge in [0, 0.05) is 27.2 Å². The van der Waals surface area contributed by atoms with E-state index in [9.17, 15) is 0 Å². The molecule has 0 fully saturated rings. The third kappa shape index (κ3) is 2.48. The van der Waals surface area contributed by atoms with E-state index >= 15 is 0 Å². The first kappa shape index (κ1) is 17.5. The number of benzene rings is 4. The summed E-state index contributed by atoms with van der Waals surface area (Å²) >= 11 is 0. The van der Waals surface area contributed by atoms with Crippen LogP contribution in [-0.4, -0.2) is 15.0 Å². The van der Waals surface area contributed by atoms with Gasteiger partial charge in [0.05, 0.1) is 16.6 Å². The monoisotopic (exact) mass is 389 g/mol. The van der Waals surface area contributed by atoms with Gasteiger partial charge in [-0.3, -0.25) is 4.98 Å². The van der Waals surface area contributed by atoms with Gasteiger partial charge in [0.15, 0.2) is 0 Å². The normalized spacial score (nSPS) is 12.8. The molecule has 0 aliphatic carbocycles. The van der Waals surface area contributed by atoms with Crippen LogP contribution < -0.4 is 0 Å². The lowest BCUT2D eigenvalue weighted by molar-refractivity contribution is 0.413. The summed E-state index contributed by atoms with van der Waals surface area (Å²) in [7, 11) is 0. The third-order valence-corrected chi connectivity index (χ3v) is 6.08. The van der Waals surface area contributed by atoms with Crippen LogP contribution in [-0.2, 0) is 6.42 Å². The van der Waals surface area contributed by atoms with Crippen molar-refractivity contribution < 1.29 is 0 Å². The molecular weight excluding hydrogens is 366 g/mol. The van der Waals surface area contributed by atoms with E-state index in [0.717, 1.165) is 34.1 Å². The van der Waals surface area contributed by atoms with E-state index in [-0.39, 0.29) is 5.41 Å². The highest BCUT2D eigenvalue weighted by molar-refractivity contribution is 6.33. The molecule has 0 atom stereocenters. The molecule has 6 rings (SSSR count). The lowest BCUT2D eigenvalue weighted by atomic mass is 9.83. The zero-order chi connectivity index (χ0) is 20.6. The van der Waals surface area contributed by atoms with Crippen LogP contribution in [0, 0.1) is 12.3 Å². The number of pyridine rings is 1. The summed E-state index contributed by atoms with van der Waals surface area (Å²) in [6.45, 7) is 8.92. The maximum atomic E-state index is 4.79. The van der Waals surface area contributed by atoms with Gasteiger partial charge in [0.1, 0.15) is 6.33 Å². The Bertz CT molecular complexity index is 1610. The van der Waals surface area contributed by atoms with Crippen molar-refractivity contribution in [1.82, 2.24) is 15.0 Å².